The zero-order valence-corrected chi connectivity index (χ0v) is 45.3. The molecule has 2 saturated heterocycles. The minimum atomic E-state index is -0.811. The van der Waals surface area contributed by atoms with Crippen LogP contribution in [0.5, 0.6) is 11.5 Å². The van der Waals surface area contributed by atoms with Gasteiger partial charge in [-0.2, -0.15) is 9.13 Å². The number of ether oxygens (including phenoxy) is 1. The first kappa shape index (κ1) is 51.0. The standard InChI is InChI=1S/C56H67B6N4O7/c1-52(2,3)38-32-33-63-50(34-38)66-46-27-17-16-24-42(46)43-31-30-41(36-49(43)66)67-40-23-20-22-39(35-40)64-37-65(48-29-19-18-28-47(48)64)51-44(57-68-59(53(4,5)6)72-60(69-57)54(7,8)9)25-21-26-45(51)58-70-61(55(10,11)12)73-62(71-58)56(13,14)15/h16-37H,1-15H3/q+1. The number of pyridine rings is 1. The van der Waals surface area contributed by atoms with Crippen molar-refractivity contribution in [1.82, 2.24) is 14.1 Å². The Hall–Kier alpha value is -5.53. The number of benzene rings is 5. The molecule has 5 aromatic carbocycles. The van der Waals surface area contributed by atoms with Gasteiger partial charge in [0.2, 0.25) is 0 Å². The Labute approximate surface area is 434 Å². The summed E-state index contributed by atoms with van der Waals surface area (Å²) in [5, 5.41) is 0.860. The van der Waals surface area contributed by atoms with E-state index >= 15 is 0 Å². The van der Waals surface area contributed by atoms with Gasteiger partial charge in [-0.1, -0.05) is 158 Å². The average molecular weight is 973 g/mol. The molecule has 0 radical (unpaired) electrons. The SMILES string of the molecule is CC(C)(C)B1OB(c2cccc(B3OB(C(C)(C)C)OB(C(C)(C)C)O3)c2-[n+]2cn(-c3cccc(Oc4ccc5c6ccccc6n(-c6cc(C(C)(C)C)ccn6)c5c4)c3)c3ccccc32)OB(C(C)(C)C)O1. The fourth-order valence-corrected chi connectivity index (χ4v) is 9.63. The lowest BCUT2D eigenvalue weighted by atomic mass is 9.49. The second kappa shape index (κ2) is 18.7. The van der Waals surface area contributed by atoms with Crippen molar-refractivity contribution in [2.75, 3.05) is 0 Å². The summed E-state index contributed by atoms with van der Waals surface area (Å²) in [5.41, 5.74) is 8.53. The number of imidazole rings is 1. The fourth-order valence-electron chi connectivity index (χ4n) is 9.63. The first-order chi connectivity index (χ1) is 34.3. The lowest BCUT2D eigenvalue weighted by molar-refractivity contribution is -0.565. The van der Waals surface area contributed by atoms with Crippen LogP contribution >= 0.6 is 0 Å². The molecule has 0 atom stereocenters. The highest BCUT2D eigenvalue weighted by molar-refractivity contribution is 6.84. The molecule has 8 aromatic rings. The lowest BCUT2D eigenvalue weighted by Gasteiger charge is -2.42. The van der Waals surface area contributed by atoms with Gasteiger partial charge in [0.15, 0.2) is 11.0 Å². The molecule has 370 valence electrons. The highest BCUT2D eigenvalue weighted by Crippen LogP contribution is 2.41. The maximum atomic E-state index is 6.90. The maximum absolute atomic E-state index is 6.90. The molecule has 0 bridgehead atoms. The number of hydrogen-bond donors (Lipinski definition) is 0. The normalized spacial score (nSPS) is 15.7. The molecular formula is C56H67B6N4O7+. The van der Waals surface area contributed by atoms with E-state index in [0.717, 1.165) is 61.0 Å². The van der Waals surface area contributed by atoms with Crippen molar-refractivity contribution >= 4 is 86.5 Å². The fraction of sp³-hybridized carbons (Fsp3) is 0.357. The van der Waals surface area contributed by atoms with Crippen molar-refractivity contribution in [2.24, 2.45) is 0 Å². The van der Waals surface area contributed by atoms with E-state index in [2.05, 4.69) is 221 Å². The molecule has 0 amide bonds. The Kier molecular flexibility index (Phi) is 13.1. The smallest absolute Gasteiger partial charge is 0.457 e. The van der Waals surface area contributed by atoms with Crippen LogP contribution in [0.3, 0.4) is 0 Å². The third-order valence-corrected chi connectivity index (χ3v) is 13.6. The average Bonchev–Trinajstić information content (AvgIpc) is 3.88. The number of nitrogens with zero attached hydrogens (tertiary/aromatic N) is 4. The zero-order valence-electron chi connectivity index (χ0n) is 45.3. The largest absolute Gasteiger partial charge is 0.470 e. The van der Waals surface area contributed by atoms with Crippen molar-refractivity contribution in [2.45, 2.75) is 131 Å². The minimum Gasteiger partial charge on any atom is -0.457 e. The number of fused-ring (bicyclic) bond motifs is 4. The van der Waals surface area contributed by atoms with Crippen LogP contribution in [0.1, 0.15) is 109 Å². The highest BCUT2D eigenvalue weighted by Gasteiger charge is 2.55. The molecule has 3 aromatic heterocycles. The second-order valence-electron chi connectivity index (χ2n) is 25.2. The monoisotopic (exact) mass is 974 g/mol. The maximum Gasteiger partial charge on any atom is 0.470 e. The number of rotatable bonds is 7. The molecular weight excluding hydrogens is 906 g/mol. The highest BCUT2D eigenvalue weighted by atomic mass is 16.7. The van der Waals surface area contributed by atoms with Crippen LogP contribution < -0.4 is 20.2 Å². The molecule has 17 heteroatoms. The van der Waals surface area contributed by atoms with Crippen molar-refractivity contribution in [1.29, 1.82) is 0 Å². The summed E-state index contributed by atoms with van der Waals surface area (Å²) in [5.74, 6) is 2.27. The molecule has 0 spiro atoms. The van der Waals surface area contributed by atoms with Crippen LogP contribution in [0.15, 0.2) is 134 Å². The molecule has 10 rings (SSSR count). The predicted octanol–water partition coefficient (Wildman–Crippen LogP) is 12.2. The summed E-state index contributed by atoms with van der Waals surface area (Å²) in [6.45, 7) is 32.2. The Morgan fingerprint density at radius 2 is 1.00 bits per heavy atom. The predicted molar refractivity (Wildman–Crippen MR) is 301 cm³/mol. The van der Waals surface area contributed by atoms with Crippen LogP contribution in [0.2, 0.25) is 21.3 Å². The number of para-hydroxylation sites is 4. The number of hydrogen-bond acceptors (Lipinski definition) is 8. The van der Waals surface area contributed by atoms with E-state index in [1.54, 1.807) is 0 Å². The van der Waals surface area contributed by atoms with Crippen molar-refractivity contribution < 1.29 is 36.7 Å². The van der Waals surface area contributed by atoms with Gasteiger partial charge in [0.25, 0.3) is 6.33 Å². The Bertz CT molecular complexity index is 3230. The number of aromatic nitrogens is 4. The molecule has 5 heterocycles. The van der Waals surface area contributed by atoms with Gasteiger partial charge in [0, 0.05) is 40.0 Å². The molecule has 0 N–H and O–H groups in total. The van der Waals surface area contributed by atoms with Crippen molar-refractivity contribution in [3.8, 4) is 28.7 Å². The van der Waals surface area contributed by atoms with Gasteiger partial charge >= 0.3 is 42.7 Å². The Morgan fingerprint density at radius 3 is 1.58 bits per heavy atom. The molecule has 73 heavy (non-hydrogen) atoms. The first-order valence-electron chi connectivity index (χ1n) is 25.7. The summed E-state index contributed by atoms with van der Waals surface area (Å²) in [6, 6.07) is 41.9. The van der Waals surface area contributed by atoms with Gasteiger partial charge in [-0.05, 0) is 86.8 Å². The van der Waals surface area contributed by atoms with Crippen LogP contribution in [-0.2, 0) is 32.8 Å². The summed E-state index contributed by atoms with van der Waals surface area (Å²) >= 11 is 0. The van der Waals surface area contributed by atoms with E-state index in [9.17, 15) is 0 Å². The van der Waals surface area contributed by atoms with Crippen LogP contribution in [0.4, 0.5) is 0 Å². The van der Waals surface area contributed by atoms with Gasteiger partial charge in [-0.3, -0.25) is 4.57 Å². The molecule has 0 aliphatic carbocycles. The third-order valence-electron chi connectivity index (χ3n) is 13.6. The van der Waals surface area contributed by atoms with Crippen LogP contribution in [0, 0.1) is 0 Å². The van der Waals surface area contributed by atoms with Gasteiger partial charge in [0.05, 0.1) is 11.0 Å². The molecule has 0 saturated carbocycles. The summed E-state index contributed by atoms with van der Waals surface area (Å²) < 4.78 is 54.2. The van der Waals surface area contributed by atoms with Gasteiger partial charge in [-0.15, -0.1) is 0 Å². The first-order valence-corrected chi connectivity index (χ1v) is 25.7. The second-order valence-corrected chi connectivity index (χ2v) is 25.2. The van der Waals surface area contributed by atoms with Gasteiger partial charge in [-0.25, -0.2) is 4.98 Å². The van der Waals surface area contributed by atoms with Crippen LogP contribution in [-0.4, -0.2) is 56.8 Å². The van der Waals surface area contributed by atoms with Gasteiger partial charge < -0.3 is 32.2 Å². The van der Waals surface area contributed by atoms with E-state index in [4.69, 9.17) is 37.2 Å². The summed E-state index contributed by atoms with van der Waals surface area (Å²) in [7, 11) is -3.87. The van der Waals surface area contributed by atoms with E-state index in [-0.39, 0.29) is 26.7 Å². The van der Waals surface area contributed by atoms with Gasteiger partial charge in [0.1, 0.15) is 28.7 Å². The lowest BCUT2D eigenvalue weighted by Crippen LogP contribution is -2.64. The van der Waals surface area contributed by atoms with Crippen molar-refractivity contribution in [3.05, 3.63) is 139 Å². The molecule has 11 nitrogen and oxygen atoms in total. The third kappa shape index (κ3) is 10.1. The quantitative estimate of drug-likeness (QED) is 0.115. The van der Waals surface area contributed by atoms with E-state index < -0.39 is 42.7 Å². The van der Waals surface area contributed by atoms with Crippen LogP contribution in [0.25, 0.3) is 50.0 Å². The van der Waals surface area contributed by atoms with E-state index in [0.29, 0.717) is 11.5 Å². The van der Waals surface area contributed by atoms with E-state index in [1.165, 1.54) is 5.56 Å². The minimum absolute atomic E-state index is 0.0377. The molecule has 2 aliphatic heterocycles. The zero-order chi connectivity index (χ0) is 52.0. The Balaban J connectivity index is 1.10. The molecule has 2 aliphatic rings. The topological polar surface area (TPSA) is 91.2 Å². The Morgan fingerprint density at radius 1 is 0.479 bits per heavy atom. The summed E-state index contributed by atoms with van der Waals surface area (Å²) in [6.07, 6.45) is 4.03. The van der Waals surface area contributed by atoms with E-state index in [1.807, 2.05) is 30.5 Å². The summed E-state index contributed by atoms with van der Waals surface area (Å²) in [4.78, 5) is 4.90. The molecule has 2 fully saturated rings. The molecule has 0 unspecified atom stereocenters. The van der Waals surface area contributed by atoms with Crippen molar-refractivity contribution in [3.63, 3.8) is 0 Å².